The minimum atomic E-state index is -0.629. The number of hydrogen-bond donors (Lipinski definition) is 2. The smallest absolute Gasteiger partial charge is 0.340 e. The van der Waals surface area contributed by atoms with E-state index in [4.69, 9.17) is 11.6 Å². The molecular weight excluding hydrogens is 316 g/mol. The number of amidine groups is 1. The number of nitrogens with zero attached hydrogens (tertiary/aromatic N) is 3. The molecule has 1 unspecified atom stereocenters. The Kier molecular flexibility index (Phi) is 4.08. The number of urea groups is 1. The maximum Gasteiger partial charge on any atom is 0.340 e. The summed E-state index contributed by atoms with van der Waals surface area (Å²) < 4.78 is 0. The van der Waals surface area contributed by atoms with Gasteiger partial charge in [-0.3, -0.25) is 4.90 Å². The molecule has 0 fully saturated rings. The molecule has 2 aromatic carbocycles. The van der Waals surface area contributed by atoms with Crippen molar-refractivity contribution >= 4 is 29.3 Å². The van der Waals surface area contributed by atoms with Gasteiger partial charge in [-0.2, -0.15) is 5.01 Å². The molecule has 0 saturated heterocycles. The van der Waals surface area contributed by atoms with Gasteiger partial charge in [-0.25, -0.2) is 4.79 Å². The molecule has 0 spiro atoms. The predicted molar refractivity (Wildman–Crippen MR) is 89.5 cm³/mol. The third kappa shape index (κ3) is 2.68. The van der Waals surface area contributed by atoms with E-state index in [0.29, 0.717) is 10.7 Å². The first-order valence-corrected chi connectivity index (χ1v) is 7.38. The molecule has 0 radical (unpaired) electrons. The van der Waals surface area contributed by atoms with E-state index < -0.39 is 12.2 Å². The van der Waals surface area contributed by atoms with Crippen LogP contribution in [0.1, 0.15) is 11.7 Å². The van der Waals surface area contributed by atoms with E-state index in [2.05, 4.69) is 10.4 Å². The Morgan fingerprint density at radius 3 is 2.48 bits per heavy atom. The van der Waals surface area contributed by atoms with Crippen LogP contribution in [0.5, 0.6) is 0 Å². The fourth-order valence-corrected chi connectivity index (χ4v) is 2.72. The van der Waals surface area contributed by atoms with Gasteiger partial charge >= 0.3 is 12.1 Å². The lowest BCUT2D eigenvalue weighted by molar-refractivity contribution is 0.188. The summed E-state index contributed by atoms with van der Waals surface area (Å²) in [5.41, 5.74) is 1.36. The van der Waals surface area contributed by atoms with Crippen molar-refractivity contribution in [1.29, 1.82) is 0 Å². The molecule has 7 heteroatoms. The lowest BCUT2D eigenvalue weighted by Crippen LogP contribution is -2.41. The van der Waals surface area contributed by atoms with Crippen LogP contribution < -0.4 is 10.2 Å². The number of carbonyl (C=O) groups excluding carboxylic acids is 1. The van der Waals surface area contributed by atoms with Gasteiger partial charge < -0.3 is 10.4 Å². The molecule has 118 valence electrons. The topological polar surface area (TPSA) is 68.2 Å². The van der Waals surface area contributed by atoms with Crippen molar-refractivity contribution in [2.24, 2.45) is 5.10 Å². The summed E-state index contributed by atoms with van der Waals surface area (Å²) in [5.74, 6) is 0. The monoisotopic (exact) mass is 330 g/mol. The van der Waals surface area contributed by atoms with Crippen molar-refractivity contribution in [1.82, 2.24) is 10.3 Å². The Morgan fingerprint density at radius 2 is 1.83 bits per heavy atom. The normalized spacial score (nSPS) is 17.1. The summed E-state index contributed by atoms with van der Waals surface area (Å²) in [5, 5.41) is 18.4. The molecule has 0 aromatic heterocycles. The SMILES string of the molecule is CNC(=O)N1N=C(O)N(c2ccccc2Cl)C1c1ccccc1. The molecule has 2 N–H and O–H groups in total. The van der Waals surface area contributed by atoms with Crippen LogP contribution >= 0.6 is 11.6 Å². The van der Waals surface area contributed by atoms with Crippen LogP contribution in [0.4, 0.5) is 10.5 Å². The zero-order chi connectivity index (χ0) is 16.4. The lowest BCUT2D eigenvalue weighted by atomic mass is 10.1. The zero-order valence-electron chi connectivity index (χ0n) is 12.3. The van der Waals surface area contributed by atoms with Crippen LogP contribution in [0, 0.1) is 0 Å². The first kappa shape index (κ1) is 15.2. The molecule has 2 amide bonds. The van der Waals surface area contributed by atoms with Gasteiger partial charge in [0, 0.05) is 7.05 Å². The number of halogens is 1. The molecule has 0 saturated carbocycles. The van der Waals surface area contributed by atoms with Gasteiger partial charge in [-0.05, 0) is 17.7 Å². The van der Waals surface area contributed by atoms with Gasteiger partial charge in [-0.15, -0.1) is 5.10 Å². The lowest BCUT2D eigenvalue weighted by Gasteiger charge is -2.29. The van der Waals surface area contributed by atoms with Crippen LogP contribution in [0.2, 0.25) is 5.02 Å². The Hall–Kier alpha value is -2.73. The quantitative estimate of drug-likeness (QED) is 0.887. The summed E-state index contributed by atoms with van der Waals surface area (Å²) in [7, 11) is 1.51. The summed E-state index contributed by atoms with van der Waals surface area (Å²) in [4.78, 5) is 13.7. The largest absolute Gasteiger partial charge is 0.479 e. The Labute approximate surface area is 138 Å². The van der Waals surface area contributed by atoms with Gasteiger partial charge in [-0.1, -0.05) is 54.1 Å². The van der Waals surface area contributed by atoms with Gasteiger partial charge in [0.05, 0.1) is 10.7 Å². The predicted octanol–water partition coefficient (Wildman–Crippen LogP) is 3.33. The molecule has 0 bridgehead atoms. The van der Waals surface area contributed by atoms with Gasteiger partial charge in [0.25, 0.3) is 0 Å². The maximum absolute atomic E-state index is 12.1. The number of aliphatic hydroxyl groups excluding tert-OH is 1. The van der Waals surface area contributed by atoms with Crippen molar-refractivity contribution in [2.45, 2.75) is 6.17 Å². The standard InChI is InChI=1S/C16H15ClN4O2/c1-18-15(22)21-14(11-7-3-2-4-8-11)20(16(23)19-21)13-10-6-5-9-12(13)17/h2-10,14H,1H3,(H,18,22)(H,19,23). The molecule has 1 heterocycles. The Morgan fingerprint density at radius 1 is 1.17 bits per heavy atom. The highest BCUT2D eigenvalue weighted by molar-refractivity contribution is 6.33. The molecule has 1 aliphatic heterocycles. The third-order valence-corrected chi connectivity index (χ3v) is 3.84. The van der Waals surface area contributed by atoms with E-state index >= 15 is 0 Å². The highest BCUT2D eigenvalue weighted by Gasteiger charge is 2.40. The van der Waals surface area contributed by atoms with E-state index in [1.807, 2.05) is 30.3 Å². The number of nitrogens with one attached hydrogen (secondary N) is 1. The van der Waals surface area contributed by atoms with E-state index in [0.717, 1.165) is 5.56 Å². The molecule has 1 aliphatic rings. The maximum atomic E-state index is 12.1. The van der Waals surface area contributed by atoms with Crippen molar-refractivity contribution in [3.8, 4) is 0 Å². The number of hydrogen-bond acceptors (Lipinski definition) is 3. The Bertz CT molecular complexity index is 751. The number of anilines is 1. The molecule has 3 rings (SSSR count). The van der Waals surface area contributed by atoms with E-state index in [9.17, 15) is 9.90 Å². The highest BCUT2D eigenvalue weighted by atomic mass is 35.5. The second kappa shape index (κ2) is 6.18. The fraction of sp³-hybridized carbons (Fsp3) is 0.125. The van der Waals surface area contributed by atoms with Crippen molar-refractivity contribution in [3.05, 3.63) is 65.2 Å². The summed E-state index contributed by atoms with van der Waals surface area (Å²) >= 11 is 6.26. The number of hydrazone groups is 1. The van der Waals surface area contributed by atoms with Gasteiger partial charge in [0.2, 0.25) is 0 Å². The van der Waals surface area contributed by atoms with E-state index in [1.165, 1.54) is 17.0 Å². The van der Waals surface area contributed by atoms with E-state index in [-0.39, 0.29) is 6.02 Å². The molecule has 23 heavy (non-hydrogen) atoms. The number of para-hydroxylation sites is 1. The minimum Gasteiger partial charge on any atom is -0.479 e. The average Bonchev–Trinajstić information content (AvgIpc) is 2.92. The number of carbonyl (C=O) groups is 1. The molecule has 1 atom stereocenters. The Balaban J connectivity index is 2.11. The average molecular weight is 331 g/mol. The van der Waals surface area contributed by atoms with Crippen LogP contribution in [0.3, 0.4) is 0 Å². The fourth-order valence-electron chi connectivity index (χ4n) is 2.49. The second-order valence-electron chi connectivity index (χ2n) is 4.91. The van der Waals surface area contributed by atoms with Crippen LogP contribution in [-0.2, 0) is 0 Å². The number of aliphatic hydroxyl groups is 1. The first-order chi connectivity index (χ1) is 11.1. The molecule has 0 aliphatic carbocycles. The summed E-state index contributed by atoms with van der Waals surface area (Å²) in [6.07, 6.45) is -0.629. The number of amides is 2. The van der Waals surface area contributed by atoms with E-state index in [1.54, 1.807) is 24.3 Å². The van der Waals surface area contributed by atoms with Crippen LogP contribution in [0.15, 0.2) is 59.7 Å². The summed E-state index contributed by atoms with van der Waals surface area (Å²) in [6, 6.07) is 15.7. The second-order valence-corrected chi connectivity index (χ2v) is 5.31. The van der Waals surface area contributed by atoms with Crippen molar-refractivity contribution < 1.29 is 9.90 Å². The summed E-state index contributed by atoms with van der Waals surface area (Å²) in [6.45, 7) is 0. The molecular formula is C16H15ClN4O2. The third-order valence-electron chi connectivity index (χ3n) is 3.52. The minimum absolute atomic E-state index is 0.296. The van der Waals surface area contributed by atoms with Crippen molar-refractivity contribution in [3.63, 3.8) is 0 Å². The van der Waals surface area contributed by atoms with Crippen molar-refractivity contribution in [2.75, 3.05) is 11.9 Å². The van der Waals surface area contributed by atoms with Gasteiger partial charge in [0.15, 0.2) is 6.17 Å². The first-order valence-electron chi connectivity index (χ1n) is 7.00. The number of rotatable bonds is 2. The number of benzene rings is 2. The molecule has 2 aromatic rings. The zero-order valence-corrected chi connectivity index (χ0v) is 13.1. The molecule has 6 nitrogen and oxygen atoms in total. The van der Waals surface area contributed by atoms with Gasteiger partial charge in [0.1, 0.15) is 0 Å². The van der Waals surface area contributed by atoms with Crippen LogP contribution in [-0.4, -0.2) is 29.2 Å². The van der Waals surface area contributed by atoms with Crippen LogP contribution in [0.25, 0.3) is 0 Å². The highest BCUT2D eigenvalue weighted by Crippen LogP contribution is 2.38.